The third-order valence-electron chi connectivity index (χ3n) is 1.69. The Hall–Kier alpha value is -1.54. The van der Waals surface area contributed by atoms with Crippen molar-refractivity contribution < 1.29 is 4.79 Å². The lowest BCUT2D eigenvalue weighted by Gasteiger charge is -1.97. The monoisotopic (exact) mass is 255 g/mol. The van der Waals surface area contributed by atoms with E-state index in [2.05, 4.69) is 19.7 Å². The lowest BCUT2D eigenvalue weighted by atomic mass is 10.3. The number of aromatic nitrogens is 3. The van der Waals surface area contributed by atoms with Gasteiger partial charge in [0.05, 0.1) is 12.1 Å². The first-order chi connectivity index (χ1) is 7.63. The highest BCUT2D eigenvalue weighted by molar-refractivity contribution is 7.13. The van der Waals surface area contributed by atoms with Gasteiger partial charge in [-0.25, -0.2) is 9.97 Å². The van der Waals surface area contributed by atoms with E-state index in [9.17, 15) is 4.79 Å². The van der Waals surface area contributed by atoms with Gasteiger partial charge in [-0.3, -0.25) is 4.79 Å². The molecule has 84 valence electrons. The van der Waals surface area contributed by atoms with Crippen LogP contribution in [0.1, 0.15) is 11.5 Å². The molecule has 0 spiro atoms. The first-order valence-electron chi connectivity index (χ1n) is 4.43. The molecule has 0 unspecified atom stereocenters. The molecule has 0 radical (unpaired) electrons. The van der Waals surface area contributed by atoms with Crippen LogP contribution in [0.25, 0.3) is 0 Å². The van der Waals surface area contributed by atoms with Crippen LogP contribution in [0.15, 0.2) is 5.38 Å². The summed E-state index contributed by atoms with van der Waals surface area (Å²) in [5.74, 6) is 0.486. The van der Waals surface area contributed by atoms with E-state index >= 15 is 0 Å². The van der Waals surface area contributed by atoms with E-state index in [-0.39, 0.29) is 12.3 Å². The number of amides is 1. The maximum atomic E-state index is 11.6. The maximum Gasteiger partial charge on any atom is 0.232 e. The van der Waals surface area contributed by atoms with Gasteiger partial charge in [0.2, 0.25) is 11.0 Å². The molecular weight excluding hydrogens is 246 g/mol. The SMILES string of the molecule is Cc1nsc(NC(=O)Cc2csc(N)n2)n1. The second-order valence-corrected chi connectivity index (χ2v) is 4.69. The van der Waals surface area contributed by atoms with E-state index in [0.717, 1.165) is 11.5 Å². The summed E-state index contributed by atoms with van der Waals surface area (Å²) in [6.07, 6.45) is 0.201. The second kappa shape index (κ2) is 4.54. The molecule has 0 aliphatic rings. The number of anilines is 2. The van der Waals surface area contributed by atoms with Gasteiger partial charge in [0.25, 0.3) is 0 Å². The van der Waals surface area contributed by atoms with Crippen molar-refractivity contribution in [3.05, 3.63) is 16.9 Å². The van der Waals surface area contributed by atoms with Crippen LogP contribution in [-0.2, 0) is 11.2 Å². The molecule has 0 aromatic carbocycles. The fraction of sp³-hybridized carbons (Fsp3) is 0.250. The molecule has 8 heteroatoms. The zero-order valence-corrected chi connectivity index (χ0v) is 10.1. The fourth-order valence-electron chi connectivity index (χ4n) is 1.08. The topological polar surface area (TPSA) is 93.8 Å². The van der Waals surface area contributed by atoms with Crippen LogP contribution in [-0.4, -0.2) is 20.2 Å². The third kappa shape index (κ3) is 2.74. The Morgan fingerprint density at radius 1 is 1.56 bits per heavy atom. The molecule has 0 fully saturated rings. The zero-order chi connectivity index (χ0) is 11.5. The summed E-state index contributed by atoms with van der Waals surface area (Å²) < 4.78 is 3.96. The summed E-state index contributed by atoms with van der Waals surface area (Å²) in [7, 11) is 0. The van der Waals surface area contributed by atoms with Gasteiger partial charge in [0.1, 0.15) is 5.82 Å². The molecule has 0 atom stereocenters. The maximum absolute atomic E-state index is 11.6. The van der Waals surface area contributed by atoms with Crippen LogP contribution in [0.2, 0.25) is 0 Å². The smallest absolute Gasteiger partial charge is 0.232 e. The van der Waals surface area contributed by atoms with Crippen LogP contribution in [0.4, 0.5) is 10.3 Å². The molecule has 3 N–H and O–H groups in total. The number of hydrogen-bond acceptors (Lipinski definition) is 7. The normalized spacial score (nSPS) is 10.3. The quantitative estimate of drug-likeness (QED) is 0.855. The van der Waals surface area contributed by atoms with Gasteiger partial charge in [0, 0.05) is 16.9 Å². The van der Waals surface area contributed by atoms with Crippen LogP contribution in [0, 0.1) is 6.92 Å². The van der Waals surface area contributed by atoms with Gasteiger partial charge in [0.15, 0.2) is 5.13 Å². The number of nitrogen functional groups attached to an aromatic ring is 1. The Balaban J connectivity index is 1.94. The fourth-order valence-corrected chi connectivity index (χ4v) is 2.23. The van der Waals surface area contributed by atoms with E-state index in [1.807, 2.05) is 0 Å². The molecule has 2 rings (SSSR count). The first-order valence-corrected chi connectivity index (χ1v) is 6.09. The molecule has 0 aliphatic heterocycles. The number of carbonyl (C=O) groups is 1. The second-order valence-electron chi connectivity index (χ2n) is 3.05. The molecule has 0 aliphatic carbocycles. The first kappa shape index (κ1) is 11.0. The molecule has 0 saturated carbocycles. The summed E-state index contributed by atoms with van der Waals surface area (Å²) >= 11 is 2.48. The van der Waals surface area contributed by atoms with Crippen molar-refractivity contribution in [1.82, 2.24) is 14.3 Å². The number of hydrogen-bond donors (Lipinski definition) is 2. The zero-order valence-electron chi connectivity index (χ0n) is 8.43. The summed E-state index contributed by atoms with van der Waals surface area (Å²) in [6, 6.07) is 0. The predicted molar refractivity (Wildman–Crippen MR) is 63.5 cm³/mol. The van der Waals surface area contributed by atoms with Crippen molar-refractivity contribution >= 4 is 39.0 Å². The summed E-state index contributed by atoms with van der Waals surface area (Å²) in [4.78, 5) is 19.6. The lowest BCUT2D eigenvalue weighted by molar-refractivity contribution is -0.115. The summed E-state index contributed by atoms with van der Waals surface area (Å²) in [6.45, 7) is 1.77. The lowest BCUT2D eigenvalue weighted by Crippen LogP contribution is -2.14. The number of nitrogens with zero attached hydrogens (tertiary/aromatic N) is 3. The summed E-state index contributed by atoms with van der Waals surface area (Å²) in [5.41, 5.74) is 6.13. The van der Waals surface area contributed by atoms with Crippen LogP contribution in [0.3, 0.4) is 0 Å². The molecule has 2 aromatic rings. The van der Waals surface area contributed by atoms with Gasteiger partial charge in [-0.1, -0.05) is 0 Å². The Morgan fingerprint density at radius 3 is 2.94 bits per heavy atom. The number of rotatable bonds is 3. The van der Waals surface area contributed by atoms with Crippen molar-refractivity contribution in [3.8, 4) is 0 Å². The summed E-state index contributed by atoms with van der Waals surface area (Å²) in [5, 5.41) is 5.39. The third-order valence-corrected chi connectivity index (χ3v) is 3.13. The van der Waals surface area contributed by atoms with Crippen molar-refractivity contribution in [3.63, 3.8) is 0 Å². The standard InChI is InChI=1S/C8H9N5OS2/c1-4-10-8(16-13-4)12-6(14)2-5-3-15-7(9)11-5/h3H,2H2,1H3,(H2,9,11)(H,10,12,13,14). The van der Waals surface area contributed by atoms with Crippen LogP contribution < -0.4 is 11.1 Å². The highest BCUT2D eigenvalue weighted by Gasteiger charge is 2.09. The van der Waals surface area contributed by atoms with E-state index in [4.69, 9.17) is 5.73 Å². The molecule has 0 saturated heterocycles. The molecular formula is C8H9N5OS2. The van der Waals surface area contributed by atoms with Crippen LogP contribution in [0.5, 0.6) is 0 Å². The Kier molecular flexibility index (Phi) is 3.11. The van der Waals surface area contributed by atoms with E-state index in [0.29, 0.717) is 21.8 Å². The minimum atomic E-state index is -0.165. The molecule has 0 bridgehead atoms. The van der Waals surface area contributed by atoms with E-state index in [1.54, 1.807) is 12.3 Å². The highest BCUT2D eigenvalue weighted by atomic mass is 32.1. The van der Waals surface area contributed by atoms with Gasteiger partial charge in [-0.2, -0.15) is 4.37 Å². The Labute approximate surface area is 99.7 Å². The van der Waals surface area contributed by atoms with Crippen molar-refractivity contribution in [2.75, 3.05) is 11.1 Å². The minimum Gasteiger partial charge on any atom is -0.375 e. The van der Waals surface area contributed by atoms with Crippen LogP contribution >= 0.6 is 22.9 Å². The van der Waals surface area contributed by atoms with Crippen molar-refractivity contribution in [1.29, 1.82) is 0 Å². The van der Waals surface area contributed by atoms with Gasteiger partial charge >= 0.3 is 0 Å². The van der Waals surface area contributed by atoms with Gasteiger partial charge < -0.3 is 11.1 Å². The van der Waals surface area contributed by atoms with E-state index < -0.39 is 0 Å². The Morgan fingerprint density at radius 2 is 2.38 bits per heavy atom. The van der Waals surface area contributed by atoms with Crippen molar-refractivity contribution in [2.24, 2.45) is 0 Å². The number of nitrogens with one attached hydrogen (secondary N) is 1. The largest absolute Gasteiger partial charge is 0.375 e. The average Bonchev–Trinajstić information content (AvgIpc) is 2.76. The van der Waals surface area contributed by atoms with Gasteiger partial charge in [-0.15, -0.1) is 11.3 Å². The van der Waals surface area contributed by atoms with E-state index in [1.165, 1.54) is 11.3 Å². The highest BCUT2D eigenvalue weighted by Crippen LogP contribution is 2.13. The minimum absolute atomic E-state index is 0.165. The molecule has 2 heterocycles. The molecule has 6 nitrogen and oxygen atoms in total. The average molecular weight is 255 g/mol. The number of aryl methyl sites for hydroxylation is 1. The molecule has 2 aromatic heterocycles. The predicted octanol–water partition coefficient (Wildman–Crippen LogP) is 1.07. The number of carbonyl (C=O) groups excluding carboxylic acids is 1. The van der Waals surface area contributed by atoms with Gasteiger partial charge in [-0.05, 0) is 6.92 Å². The molecule has 1 amide bonds. The molecule has 16 heavy (non-hydrogen) atoms. The van der Waals surface area contributed by atoms with Crippen molar-refractivity contribution in [2.45, 2.75) is 13.3 Å². The number of nitrogens with two attached hydrogens (primary N) is 1. The Bertz CT molecular complexity index is 462. The number of thiazole rings is 1.